The molecule has 3 rings (SSSR count). The molecule has 20 heavy (non-hydrogen) atoms. The largest absolute Gasteiger partial charge is 0.347 e. The fraction of sp³-hybridized carbons (Fsp3) is 0.714. The molecule has 1 amide bonds. The lowest BCUT2D eigenvalue weighted by Crippen LogP contribution is -2.43. The summed E-state index contributed by atoms with van der Waals surface area (Å²) >= 11 is 0. The van der Waals surface area contributed by atoms with Crippen LogP contribution in [0.2, 0.25) is 0 Å². The molecule has 1 saturated heterocycles. The third kappa shape index (κ3) is 3.02. The summed E-state index contributed by atoms with van der Waals surface area (Å²) in [6, 6.07) is 0. The summed E-state index contributed by atoms with van der Waals surface area (Å²) in [6.45, 7) is 6.23. The Bertz CT molecular complexity index is 472. The third-order valence-corrected chi connectivity index (χ3v) is 4.30. The molecule has 2 aliphatic rings. The highest BCUT2D eigenvalue weighted by Gasteiger charge is 2.24. The van der Waals surface area contributed by atoms with Crippen molar-refractivity contribution in [1.29, 1.82) is 0 Å². The van der Waals surface area contributed by atoms with E-state index >= 15 is 0 Å². The first-order chi connectivity index (χ1) is 9.72. The number of fused-ring (bicyclic) bond motifs is 1. The Morgan fingerprint density at radius 3 is 3.10 bits per heavy atom. The predicted octanol–water partition coefficient (Wildman–Crippen LogP) is -0.0681. The van der Waals surface area contributed by atoms with Crippen molar-refractivity contribution in [3.05, 3.63) is 17.7 Å². The van der Waals surface area contributed by atoms with Gasteiger partial charge in [0.1, 0.15) is 0 Å². The van der Waals surface area contributed by atoms with Gasteiger partial charge in [-0.3, -0.25) is 9.69 Å². The van der Waals surface area contributed by atoms with Gasteiger partial charge in [0.15, 0.2) is 0 Å². The molecule has 0 spiro atoms. The van der Waals surface area contributed by atoms with Crippen LogP contribution in [-0.2, 0) is 17.8 Å². The molecular weight excluding hydrogens is 254 g/mol. The van der Waals surface area contributed by atoms with E-state index in [1.165, 1.54) is 0 Å². The van der Waals surface area contributed by atoms with Crippen LogP contribution < -0.4 is 0 Å². The smallest absolute Gasteiger partial charge is 0.237 e. The van der Waals surface area contributed by atoms with Gasteiger partial charge in [0.05, 0.1) is 30.8 Å². The average Bonchev–Trinajstić information content (AvgIpc) is 2.82. The maximum atomic E-state index is 12.4. The maximum absolute atomic E-state index is 12.4. The van der Waals surface area contributed by atoms with Crippen LogP contribution >= 0.6 is 0 Å². The SMILES string of the molecule is CN1CCCN(CC(=O)N2CCc3nc[nH]c3C2)CC1. The number of likely N-dealkylation sites (N-methyl/N-ethyl adjacent to an activating group) is 1. The Kier molecular flexibility index (Phi) is 4.03. The highest BCUT2D eigenvalue weighted by atomic mass is 16.2. The standard InChI is InChI=1S/C14H23N5O/c1-17-4-2-5-18(8-7-17)10-14(20)19-6-3-12-13(9-19)16-11-15-12/h11H,2-10H2,1H3,(H,15,16). The van der Waals surface area contributed by atoms with Crippen molar-refractivity contribution in [2.75, 3.05) is 46.3 Å². The van der Waals surface area contributed by atoms with Gasteiger partial charge in [0, 0.05) is 26.1 Å². The van der Waals surface area contributed by atoms with E-state index in [0.29, 0.717) is 13.1 Å². The normalized spacial score (nSPS) is 21.6. The van der Waals surface area contributed by atoms with Gasteiger partial charge in [0.25, 0.3) is 0 Å². The zero-order valence-corrected chi connectivity index (χ0v) is 12.1. The predicted molar refractivity (Wildman–Crippen MR) is 76.3 cm³/mol. The third-order valence-electron chi connectivity index (χ3n) is 4.30. The zero-order chi connectivity index (χ0) is 13.9. The van der Waals surface area contributed by atoms with Crippen molar-refractivity contribution in [3.8, 4) is 0 Å². The minimum Gasteiger partial charge on any atom is -0.347 e. The summed E-state index contributed by atoms with van der Waals surface area (Å²) in [7, 11) is 2.15. The van der Waals surface area contributed by atoms with E-state index in [4.69, 9.17) is 0 Å². The highest BCUT2D eigenvalue weighted by Crippen LogP contribution is 2.15. The molecule has 0 aliphatic carbocycles. The monoisotopic (exact) mass is 277 g/mol. The molecule has 1 fully saturated rings. The van der Waals surface area contributed by atoms with Gasteiger partial charge in [-0.2, -0.15) is 0 Å². The highest BCUT2D eigenvalue weighted by molar-refractivity contribution is 5.78. The Balaban J connectivity index is 1.54. The van der Waals surface area contributed by atoms with E-state index < -0.39 is 0 Å². The minimum atomic E-state index is 0.245. The summed E-state index contributed by atoms with van der Waals surface area (Å²) in [5.41, 5.74) is 2.21. The van der Waals surface area contributed by atoms with Crippen molar-refractivity contribution in [2.24, 2.45) is 0 Å². The lowest BCUT2D eigenvalue weighted by atomic mass is 10.1. The molecule has 0 unspecified atom stereocenters. The summed E-state index contributed by atoms with van der Waals surface area (Å²) in [6.07, 6.45) is 3.74. The second kappa shape index (κ2) is 5.93. The van der Waals surface area contributed by atoms with E-state index in [-0.39, 0.29) is 5.91 Å². The van der Waals surface area contributed by atoms with E-state index in [1.807, 2.05) is 4.90 Å². The average molecular weight is 277 g/mol. The second-order valence-electron chi connectivity index (χ2n) is 5.83. The van der Waals surface area contributed by atoms with Crippen molar-refractivity contribution < 1.29 is 4.79 Å². The van der Waals surface area contributed by atoms with Gasteiger partial charge < -0.3 is 14.8 Å². The Morgan fingerprint density at radius 2 is 2.20 bits per heavy atom. The fourth-order valence-corrected chi connectivity index (χ4v) is 2.97. The molecule has 0 atom stereocenters. The molecule has 3 heterocycles. The van der Waals surface area contributed by atoms with Crippen molar-refractivity contribution in [2.45, 2.75) is 19.4 Å². The second-order valence-corrected chi connectivity index (χ2v) is 5.83. The van der Waals surface area contributed by atoms with E-state index in [2.05, 4.69) is 26.8 Å². The molecule has 1 aromatic heterocycles. The number of carbonyl (C=O) groups is 1. The number of H-pyrrole nitrogens is 1. The van der Waals surface area contributed by atoms with Gasteiger partial charge in [-0.25, -0.2) is 4.98 Å². The van der Waals surface area contributed by atoms with Gasteiger partial charge in [0.2, 0.25) is 5.91 Å². The van der Waals surface area contributed by atoms with E-state index in [1.54, 1.807) is 6.33 Å². The summed E-state index contributed by atoms with van der Waals surface area (Å²) in [4.78, 5) is 26.4. The van der Waals surface area contributed by atoms with Crippen LogP contribution in [0.25, 0.3) is 0 Å². The van der Waals surface area contributed by atoms with E-state index in [0.717, 1.165) is 57.0 Å². The Morgan fingerprint density at radius 1 is 1.30 bits per heavy atom. The van der Waals surface area contributed by atoms with Crippen LogP contribution in [-0.4, -0.2) is 76.9 Å². The van der Waals surface area contributed by atoms with Crippen LogP contribution in [0.15, 0.2) is 6.33 Å². The number of aromatic amines is 1. The molecule has 0 saturated carbocycles. The molecule has 0 aromatic carbocycles. The van der Waals surface area contributed by atoms with Gasteiger partial charge in [-0.05, 0) is 26.6 Å². The summed E-state index contributed by atoms with van der Waals surface area (Å²) < 4.78 is 0. The zero-order valence-electron chi connectivity index (χ0n) is 12.1. The van der Waals surface area contributed by atoms with Gasteiger partial charge in [-0.1, -0.05) is 0 Å². The molecule has 6 heteroatoms. The number of carbonyl (C=O) groups excluding carboxylic acids is 1. The molecule has 2 aliphatic heterocycles. The van der Waals surface area contributed by atoms with Crippen LogP contribution in [0.1, 0.15) is 17.8 Å². The first-order valence-corrected chi connectivity index (χ1v) is 7.42. The maximum Gasteiger partial charge on any atom is 0.237 e. The lowest BCUT2D eigenvalue weighted by molar-refractivity contribution is -0.133. The number of nitrogens with zero attached hydrogens (tertiary/aromatic N) is 4. The van der Waals surface area contributed by atoms with Crippen LogP contribution in [0.3, 0.4) is 0 Å². The lowest BCUT2D eigenvalue weighted by Gasteiger charge is -2.29. The number of hydrogen-bond donors (Lipinski definition) is 1. The summed E-state index contributed by atoms with van der Waals surface area (Å²) in [5.74, 6) is 0.245. The Hall–Kier alpha value is -1.40. The quantitative estimate of drug-likeness (QED) is 0.822. The van der Waals surface area contributed by atoms with Gasteiger partial charge in [-0.15, -0.1) is 0 Å². The first kappa shape index (κ1) is 13.6. The van der Waals surface area contributed by atoms with Crippen LogP contribution in [0, 0.1) is 0 Å². The number of amides is 1. The van der Waals surface area contributed by atoms with Gasteiger partial charge >= 0.3 is 0 Å². The van der Waals surface area contributed by atoms with Crippen LogP contribution in [0.4, 0.5) is 0 Å². The Labute approximate surface area is 119 Å². The van der Waals surface area contributed by atoms with Crippen molar-refractivity contribution in [1.82, 2.24) is 24.7 Å². The minimum absolute atomic E-state index is 0.245. The number of aromatic nitrogens is 2. The van der Waals surface area contributed by atoms with Crippen molar-refractivity contribution in [3.63, 3.8) is 0 Å². The number of nitrogens with one attached hydrogen (secondary N) is 1. The molecular formula is C14H23N5O. The molecule has 6 nitrogen and oxygen atoms in total. The fourth-order valence-electron chi connectivity index (χ4n) is 2.97. The topological polar surface area (TPSA) is 55.5 Å². The molecule has 1 N–H and O–H groups in total. The number of hydrogen-bond acceptors (Lipinski definition) is 4. The molecule has 0 bridgehead atoms. The number of imidazole rings is 1. The van der Waals surface area contributed by atoms with Crippen LogP contribution in [0.5, 0.6) is 0 Å². The molecule has 1 aromatic rings. The summed E-state index contributed by atoms with van der Waals surface area (Å²) in [5, 5.41) is 0. The van der Waals surface area contributed by atoms with E-state index in [9.17, 15) is 4.79 Å². The molecule has 0 radical (unpaired) electrons. The number of rotatable bonds is 2. The first-order valence-electron chi connectivity index (χ1n) is 7.42. The molecule has 110 valence electrons. The van der Waals surface area contributed by atoms with Crippen molar-refractivity contribution >= 4 is 5.91 Å².